The molecule has 1 heteroatoms. The minimum absolute atomic E-state index is 0.757. The van der Waals surface area contributed by atoms with Crippen molar-refractivity contribution in [2.45, 2.75) is 91.4 Å². The van der Waals surface area contributed by atoms with Crippen LogP contribution in [0.15, 0.2) is 12.4 Å². The Hall–Kier alpha value is -0.720. The van der Waals surface area contributed by atoms with Crippen LogP contribution in [0, 0.1) is 5.92 Å². The predicted octanol–water partition coefficient (Wildman–Crippen LogP) is 6.29. The van der Waals surface area contributed by atoms with Gasteiger partial charge in [0.1, 0.15) is 0 Å². The first-order valence-electron chi connectivity index (χ1n) is 8.88. The van der Waals surface area contributed by atoms with Crippen LogP contribution in [-0.4, -0.2) is 4.98 Å². The molecule has 0 bridgehead atoms. The fourth-order valence-corrected chi connectivity index (χ4v) is 2.92. The number of aromatic nitrogens is 1. The summed E-state index contributed by atoms with van der Waals surface area (Å²) >= 11 is 0. The third kappa shape index (κ3) is 7.77. The number of unbranched alkanes of at least 4 members (excludes halogenated alkanes) is 8. The Labute approximate surface area is 126 Å². The van der Waals surface area contributed by atoms with E-state index in [-0.39, 0.29) is 0 Å². The molecular weight excluding hydrogens is 242 g/mol. The van der Waals surface area contributed by atoms with E-state index in [9.17, 15) is 0 Å². The van der Waals surface area contributed by atoms with Crippen molar-refractivity contribution in [1.82, 2.24) is 4.98 Å². The van der Waals surface area contributed by atoms with E-state index in [1.165, 1.54) is 70.6 Å². The van der Waals surface area contributed by atoms with Gasteiger partial charge < -0.3 is 4.98 Å². The topological polar surface area (TPSA) is 15.8 Å². The molecule has 0 saturated heterocycles. The van der Waals surface area contributed by atoms with Gasteiger partial charge in [0.2, 0.25) is 0 Å². The van der Waals surface area contributed by atoms with Crippen molar-refractivity contribution < 1.29 is 0 Å². The van der Waals surface area contributed by atoms with Gasteiger partial charge >= 0.3 is 0 Å². The molecule has 0 saturated carbocycles. The van der Waals surface area contributed by atoms with E-state index < -0.39 is 0 Å². The highest BCUT2D eigenvalue weighted by Gasteiger charge is 2.05. The number of hydrogen-bond acceptors (Lipinski definition) is 0. The molecule has 1 rings (SSSR count). The molecule has 0 spiro atoms. The highest BCUT2D eigenvalue weighted by atomic mass is 14.6. The van der Waals surface area contributed by atoms with Crippen molar-refractivity contribution in [3.63, 3.8) is 0 Å². The molecule has 116 valence electrons. The van der Waals surface area contributed by atoms with Crippen LogP contribution in [-0.2, 0) is 12.8 Å². The zero-order valence-corrected chi connectivity index (χ0v) is 14.0. The SMILES string of the molecule is CCCCCCCCCCCc1c[nH]cc1CC(C)C. The standard InChI is InChI=1S/C19H35N/c1-4-5-6-7-8-9-10-11-12-13-18-15-20-16-19(18)14-17(2)3/h15-17,20H,4-14H2,1-3H3. The zero-order chi connectivity index (χ0) is 14.6. The van der Waals surface area contributed by atoms with Crippen molar-refractivity contribution in [1.29, 1.82) is 0 Å². The fourth-order valence-electron chi connectivity index (χ4n) is 2.92. The van der Waals surface area contributed by atoms with Gasteiger partial charge in [-0.3, -0.25) is 0 Å². The highest BCUT2D eigenvalue weighted by molar-refractivity contribution is 5.23. The average Bonchev–Trinajstić information content (AvgIpc) is 2.83. The number of rotatable bonds is 12. The lowest BCUT2D eigenvalue weighted by molar-refractivity contribution is 0.564. The number of nitrogens with one attached hydrogen (secondary N) is 1. The smallest absolute Gasteiger partial charge is 0.00403 e. The summed E-state index contributed by atoms with van der Waals surface area (Å²) in [5.41, 5.74) is 3.10. The van der Waals surface area contributed by atoms with E-state index in [1.807, 2.05) is 0 Å². The maximum atomic E-state index is 3.28. The van der Waals surface area contributed by atoms with Gasteiger partial charge in [0.15, 0.2) is 0 Å². The zero-order valence-electron chi connectivity index (χ0n) is 14.0. The summed E-state index contributed by atoms with van der Waals surface area (Å²) in [5, 5.41) is 0. The summed E-state index contributed by atoms with van der Waals surface area (Å²) in [6.45, 7) is 6.89. The Morgan fingerprint density at radius 1 is 0.800 bits per heavy atom. The molecule has 0 aliphatic heterocycles. The number of aromatic amines is 1. The average molecular weight is 277 g/mol. The first-order valence-corrected chi connectivity index (χ1v) is 8.88. The molecule has 1 N–H and O–H groups in total. The van der Waals surface area contributed by atoms with Crippen LogP contribution in [0.5, 0.6) is 0 Å². The summed E-state index contributed by atoms with van der Waals surface area (Å²) in [7, 11) is 0. The van der Waals surface area contributed by atoms with Crippen molar-refractivity contribution in [2.24, 2.45) is 5.92 Å². The quantitative estimate of drug-likeness (QED) is 0.432. The van der Waals surface area contributed by atoms with Crippen molar-refractivity contribution in [2.75, 3.05) is 0 Å². The summed E-state index contributed by atoms with van der Waals surface area (Å²) in [6.07, 6.45) is 19.6. The maximum Gasteiger partial charge on any atom is 0.00403 e. The fraction of sp³-hybridized carbons (Fsp3) is 0.789. The van der Waals surface area contributed by atoms with Crippen LogP contribution < -0.4 is 0 Å². The summed E-state index contributed by atoms with van der Waals surface area (Å²) < 4.78 is 0. The molecule has 0 aromatic carbocycles. The molecule has 1 nitrogen and oxygen atoms in total. The van der Waals surface area contributed by atoms with Crippen molar-refractivity contribution in [3.05, 3.63) is 23.5 Å². The van der Waals surface area contributed by atoms with Crippen LogP contribution in [0.1, 0.15) is 89.7 Å². The minimum Gasteiger partial charge on any atom is -0.367 e. The number of H-pyrrole nitrogens is 1. The number of aryl methyl sites for hydroxylation is 1. The van der Waals surface area contributed by atoms with E-state index in [0.29, 0.717) is 0 Å². The Morgan fingerprint density at radius 3 is 1.95 bits per heavy atom. The van der Waals surface area contributed by atoms with Crippen LogP contribution in [0.2, 0.25) is 0 Å². The van der Waals surface area contributed by atoms with Crippen LogP contribution in [0.25, 0.3) is 0 Å². The van der Waals surface area contributed by atoms with Crippen molar-refractivity contribution in [3.8, 4) is 0 Å². The van der Waals surface area contributed by atoms with E-state index in [1.54, 1.807) is 11.1 Å². The van der Waals surface area contributed by atoms with Gasteiger partial charge in [-0.1, -0.05) is 72.1 Å². The maximum absolute atomic E-state index is 3.28. The van der Waals surface area contributed by atoms with Crippen molar-refractivity contribution >= 4 is 0 Å². The van der Waals surface area contributed by atoms with Gasteiger partial charge in [0.25, 0.3) is 0 Å². The Morgan fingerprint density at radius 2 is 1.35 bits per heavy atom. The Bertz CT molecular complexity index is 324. The Kier molecular flexibility index (Phi) is 9.53. The van der Waals surface area contributed by atoms with E-state index in [4.69, 9.17) is 0 Å². The minimum atomic E-state index is 0.757. The molecule has 0 fully saturated rings. The molecule has 0 aliphatic carbocycles. The molecular formula is C19H35N. The molecule has 1 aromatic heterocycles. The van der Waals surface area contributed by atoms with Gasteiger partial charge in [-0.2, -0.15) is 0 Å². The second kappa shape index (κ2) is 11.0. The molecule has 20 heavy (non-hydrogen) atoms. The molecule has 0 amide bonds. The van der Waals surface area contributed by atoms with Gasteiger partial charge in [-0.05, 0) is 36.3 Å². The van der Waals surface area contributed by atoms with Crippen LogP contribution in [0.4, 0.5) is 0 Å². The summed E-state index contributed by atoms with van der Waals surface area (Å²) in [6, 6.07) is 0. The third-order valence-corrected chi connectivity index (χ3v) is 4.11. The predicted molar refractivity (Wildman–Crippen MR) is 90.3 cm³/mol. The normalized spacial score (nSPS) is 11.4. The molecule has 0 unspecified atom stereocenters. The molecule has 1 aromatic rings. The van der Waals surface area contributed by atoms with E-state index >= 15 is 0 Å². The Balaban J connectivity index is 2.02. The van der Waals surface area contributed by atoms with E-state index in [2.05, 4.69) is 38.1 Å². The van der Waals surface area contributed by atoms with Gasteiger partial charge in [0.05, 0.1) is 0 Å². The lowest BCUT2D eigenvalue weighted by Crippen LogP contribution is -1.96. The summed E-state index contributed by atoms with van der Waals surface area (Å²) in [5.74, 6) is 0.757. The van der Waals surface area contributed by atoms with E-state index in [0.717, 1.165) is 5.92 Å². The molecule has 1 heterocycles. The number of hydrogen-bond donors (Lipinski definition) is 1. The van der Waals surface area contributed by atoms with Gasteiger partial charge in [0, 0.05) is 12.4 Å². The summed E-state index contributed by atoms with van der Waals surface area (Å²) in [4.78, 5) is 3.28. The van der Waals surface area contributed by atoms with Gasteiger partial charge in [-0.15, -0.1) is 0 Å². The lowest BCUT2D eigenvalue weighted by atomic mass is 9.98. The van der Waals surface area contributed by atoms with Crippen LogP contribution >= 0.6 is 0 Å². The molecule has 0 radical (unpaired) electrons. The highest BCUT2D eigenvalue weighted by Crippen LogP contribution is 2.17. The molecule has 0 aliphatic rings. The largest absolute Gasteiger partial charge is 0.367 e. The lowest BCUT2D eigenvalue weighted by Gasteiger charge is -2.06. The van der Waals surface area contributed by atoms with Crippen LogP contribution in [0.3, 0.4) is 0 Å². The second-order valence-corrected chi connectivity index (χ2v) is 6.68. The third-order valence-electron chi connectivity index (χ3n) is 4.11. The molecule has 0 atom stereocenters. The van der Waals surface area contributed by atoms with Gasteiger partial charge in [-0.25, -0.2) is 0 Å². The monoisotopic (exact) mass is 277 g/mol. The first kappa shape index (κ1) is 17.3. The second-order valence-electron chi connectivity index (χ2n) is 6.68. The first-order chi connectivity index (χ1) is 9.74.